The van der Waals surface area contributed by atoms with E-state index in [0.29, 0.717) is 11.6 Å². The van der Waals surface area contributed by atoms with Crippen molar-refractivity contribution in [1.82, 2.24) is 19.9 Å². The van der Waals surface area contributed by atoms with Crippen LogP contribution in [0.15, 0.2) is 41.4 Å². The molecule has 9 heteroatoms. The summed E-state index contributed by atoms with van der Waals surface area (Å²) in [5, 5.41) is 8.31. The Hall–Kier alpha value is -2.23. The van der Waals surface area contributed by atoms with Gasteiger partial charge >= 0.3 is 0 Å². The Kier molecular flexibility index (Phi) is 6.30. The molecule has 1 N–H and O–H groups in total. The Labute approximate surface area is 196 Å². The van der Waals surface area contributed by atoms with Gasteiger partial charge in [0.2, 0.25) is 0 Å². The molecule has 32 heavy (non-hydrogen) atoms. The number of hydrogen-bond acceptors (Lipinski definition) is 6. The van der Waals surface area contributed by atoms with Crippen LogP contribution in [-0.2, 0) is 4.74 Å². The van der Waals surface area contributed by atoms with E-state index in [9.17, 15) is 4.39 Å². The van der Waals surface area contributed by atoms with Crippen LogP contribution < -0.4 is 10.2 Å². The second-order valence-electron chi connectivity index (χ2n) is 8.23. The summed E-state index contributed by atoms with van der Waals surface area (Å²) in [6, 6.07) is 9.34. The summed E-state index contributed by atoms with van der Waals surface area (Å²) in [6.07, 6.45) is 7.87. The van der Waals surface area contributed by atoms with Crippen LogP contribution >= 0.6 is 24.0 Å². The molecule has 0 spiro atoms. The van der Waals surface area contributed by atoms with Gasteiger partial charge in [0.05, 0.1) is 24.9 Å². The van der Waals surface area contributed by atoms with Gasteiger partial charge in [0, 0.05) is 18.0 Å². The van der Waals surface area contributed by atoms with Crippen LogP contribution in [0, 0.1) is 5.82 Å². The Balaban J connectivity index is 1.45. The SMILES string of the molecule is CSc1ccc(F)cc1[C@H]1CCCN1c1ccc2ncc(C(=S)N[C@H]3CCCOC3)n2n1. The summed E-state index contributed by atoms with van der Waals surface area (Å²) in [7, 11) is 0. The van der Waals surface area contributed by atoms with Crippen LogP contribution in [0.1, 0.15) is 43.0 Å². The summed E-state index contributed by atoms with van der Waals surface area (Å²) in [6.45, 7) is 2.35. The van der Waals surface area contributed by atoms with Crippen LogP contribution in [0.4, 0.5) is 10.2 Å². The van der Waals surface area contributed by atoms with E-state index in [-0.39, 0.29) is 17.9 Å². The molecule has 2 atom stereocenters. The van der Waals surface area contributed by atoms with Crippen molar-refractivity contribution in [2.24, 2.45) is 0 Å². The van der Waals surface area contributed by atoms with Crippen molar-refractivity contribution in [3.63, 3.8) is 0 Å². The molecule has 2 saturated heterocycles. The molecule has 0 amide bonds. The Morgan fingerprint density at radius 2 is 2.16 bits per heavy atom. The first kappa shape index (κ1) is 21.6. The number of anilines is 1. The molecule has 2 aromatic heterocycles. The van der Waals surface area contributed by atoms with Gasteiger partial charge in [-0.1, -0.05) is 12.2 Å². The predicted molar refractivity (Wildman–Crippen MR) is 129 cm³/mol. The van der Waals surface area contributed by atoms with Gasteiger partial charge in [0.25, 0.3) is 0 Å². The topological polar surface area (TPSA) is 54.7 Å². The molecule has 0 aliphatic carbocycles. The average Bonchev–Trinajstić information content (AvgIpc) is 3.46. The summed E-state index contributed by atoms with van der Waals surface area (Å²) in [5.74, 6) is 0.646. The number of benzene rings is 1. The third-order valence-electron chi connectivity index (χ3n) is 6.17. The van der Waals surface area contributed by atoms with Gasteiger partial charge < -0.3 is 15.0 Å². The average molecular weight is 472 g/mol. The van der Waals surface area contributed by atoms with Crippen LogP contribution in [0.5, 0.6) is 0 Å². The fourth-order valence-corrected chi connectivity index (χ4v) is 5.56. The van der Waals surface area contributed by atoms with Crippen LogP contribution in [0.2, 0.25) is 0 Å². The molecule has 2 aliphatic rings. The van der Waals surface area contributed by atoms with E-state index in [1.807, 2.05) is 29.0 Å². The van der Waals surface area contributed by atoms with E-state index >= 15 is 0 Å². The van der Waals surface area contributed by atoms with Gasteiger partial charge in [-0.25, -0.2) is 13.9 Å². The minimum absolute atomic E-state index is 0.0922. The number of nitrogens with zero attached hydrogens (tertiary/aromatic N) is 4. The lowest BCUT2D eigenvalue weighted by Gasteiger charge is -2.27. The zero-order chi connectivity index (χ0) is 22.1. The van der Waals surface area contributed by atoms with Crippen molar-refractivity contribution in [2.75, 3.05) is 30.9 Å². The predicted octanol–water partition coefficient (Wildman–Crippen LogP) is 4.38. The van der Waals surface area contributed by atoms with Gasteiger partial charge in [-0.05, 0) is 67.8 Å². The van der Waals surface area contributed by atoms with Crippen molar-refractivity contribution in [1.29, 1.82) is 0 Å². The number of thiocarbonyl (C=S) groups is 1. The highest BCUT2D eigenvalue weighted by molar-refractivity contribution is 7.98. The fourth-order valence-electron chi connectivity index (χ4n) is 4.62. The van der Waals surface area contributed by atoms with E-state index < -0.39 is 0 Å². The molecule has 3 aromatic rings. The van der Waals surface area contributed by atoms with Gasteiger partial charge in [-0.3, -0.25) is 0 Å². The number of imidazole rings is 1. The molecule has 2 fully saturated rings. The summed E-state index contributed by atoms with van der Waals surface area (Å²) in [5.41, 5.74) is 2.55. The second-order valence-corrected chi connectivity index (χ2v) is 9.49. The van der Waals surface area contributed by atoms with Crippen molar-refractivity contribution < 1.29 is 9.13 Å². The molecule has 168 valence electrons. The van der Waals surface area contributed by atoms with Gasteiger partial charge in [-0.15, -0.1) is 16.9 Å². The Bertz CT molecular complexity index is 1130. The van der Waals surface area contributed by atoms with Crippen molar-refractivity contribution in [3.8, 4) is 0 Å². The molecule has 1 aromatic carbocycles. The van der Waals surface area contributed by atoms with Crippen molar-refractivity contribution >= 4 is 40.4 Å². The summed E-state index contributed by atoms with van der Waals surface area (Å²) in [4.78, 5) is 8.49. The maximum absolute atomic E-state index is 14.1. The molecule has 0 bridgehead atoms. The number of fused-ring (bicyclic) bond motifs is 1. The lowest BCUT2D eigenvalue weighted by atomic mass is 10.0. The number of hydrogen-bond donors (Lipinski definition) is 1. The molecule has 4 heterocycles. The second kappa shape index (κ2) is 9.33. The highest BCUT2D eigenvalue weighted by Gasteiger charge is 2.30. The largest absolute Gasteiger partial charge is 0.379 e. The van der Waals surface area contributed by atoms with E-state index in [2.05, 4.69) is 15.2 Å². The Morgan fingerprint density at radius 3 is 2.97 bits per heavy atom. The highest BCUT2D eigenvalue weighted by atomic mass is 32.2. The van der Waals surface area contributed by atoms with E-state index in [4.69, 9.17) is 22.1 Å². The van der Waals surface area contributed by atoms with E-state index in [1.165, 1.54) is 6.07 Å². The number of thioether (sulfide) groups is 1. The third kappa shape index (κ3) is 4.21. The Morgan fingerprint density at radius 1 is 1.25 bits per heavy atom. The molecule has 0 saturated carbocycles. The third-order valence-corrected chi connectivity index (χ3v) is 7.31. The van der Waals surface area contributed by atoms with Gasteiger partial charge in [0.15, 0.2) is 5.65 Å². The van der Waals surface area contributed by atoms with Crippen LogP contribution in [0.25, 0.3) is 5.65 Å². The quantitative estimate of drug-likeness (QED) is 0.438. The molecule has 6 nitrogen and oxygen atoms in total. The fraction of sp³-hybridized carbons (Fsp3) is 0.435. The van der Waals surface area contributed by atoms with E-state index in [0.717, 1.165) is 66.5 Å². The standard InChI is InChI=1S/C23H26FN5OS2/c1-32-20-7-6-15(24)12-17(20)18-5-2-10-28(18)22-9-8-21-25-13-19(29(21)27-22)23(31)26-16-4-3-11-30-14-16/h6-9,12-13,16,18H,2-5,10-11,14H2,1H3,(H,26,31)/t16-,18+/m0/s1. The number of nitrogens with one attached hydrogen (secondary N) is 1. The molecule has 0 unspecified atom stereocenters. The van der Waals surface area contributed by atoms with Crippen molar-refractivity contribution in [3.05, 3.63) is 53.6 Å². The van der Waals surface area contributed by atoms with E-state index in [1.54, 1.807) is 24.0 Å². The molecule has 2 aliphatic heterocycles. The first-order chi connectivity index (χ1) is 15.6. The lowest BCUT2D eigenvalue weighted by Crippen LogP contribution is -2.40. The first-order valence-corrected chi connectivity index (χ1v) is 12.6. The highest BCUT2D eigenvalue weighted by Crippen LogP contribution is 2.39. The van der Waals surface area contributed by atoms with Gasteiger partial charge in [-0.2, -0.15) is 0 Å². The zero-order valence-corrected chi connectivity index (χ0v) is 19.6. The first-order valence-electron chi connectivity index (χ1n) is 11.0. The van der Waals surface area contributed by atoms with Gasteiger partial charge in [0.1, 0.15) is 22.3 Å². The number of halogens is 1. The molecule has 5 rings (SSSR count). The molecular formula is C23H26FN5OS2. The number of ether oxygens (including phenoxy) is 1. The minimum atomic E-state index is -0.201. The zero-order valence-electron chi connectivity index (χ0n) is 18.0. The molecular weight excluding hydrogens is 445 g/mol. The minimum Gasteiger partial charge on any atom is -0.379 e. The number of aromatic nitrogens is 3. The van der Waals surface area contributed by atoms with Crippen molar-refractivity contribution in [2.45, 2.75) is 42.7 Å². The number of rotatable bonds is 5. The monoisotopic (exact) mass is 471 g/mol. The maximum atomic E-state index is 14.1. The van der Waals surface area contributed by atoms with Crippen LogP contribution in [0.3, 0.4) is 0 Å². The smallest absolute Gasteiger partial charge is 0.154 e. The molecule has 0 radical (unpaired) electrons. The normalized spacial score (nSPS) is 21.2. The van der Waals surface area contributed by atoms with Crippen LogP contribution in [-0.4, -0.2) is 51.6 Å². The summed E-state index contributed by atoms with van der Waals surface area (Å²) >= 11 is 7.33. The maximum Gasteiger partial charge on any atom is 0.154 e. The lowest BCUT2D eigenvalue weighted by molar-refractivity contribution is 0.0766. The summed E-state index contributed by atoms with van der Waals surface area (Å²) < 4.78 is 21.5.